The van der Waals surface area contributed by atoms with Gasteiger partial charge in [0.1, 0.15) is 5.78 Å². The van der Waals surface area contributed by atoms with Gasteiger partial charge in [0.05, 0.1) is 5.92 Å². The molecule has 0 spiro atoms. The number of para-hydroxylation sites is 1. The zero-order chi connectivity index (χ0) is 20.2. The maximum absolute atomic E-state index is 13.1. The van der Waals surface area contributed by atoms with Crippen LogP contribution in [0.4, 0.5) is 5.69 Å². The fourth-order valence-electron chi connectivity index (χ4n) is 5.48. The highest BCUT2D eigenvalue weighted by molar-refractivity contribution is 5.96. The molecule has 0 saturated heterocycles. The number of ketones is 1. The van der Waals surface area contributed by atoms with E-state index in [0.29, 0.717) is 18.6 Å². The molecule has 2 atom stereocenters. The fraction of sp³-hybridized carbons (Fsp3) is 0.625. The number of carbonyl (C=O) groups excluding carboxylic acids is 3. The highest BCUT2D eigenvalue weighted by atomic mass is 16.5. The van der Waals surface area contributed by atoms with E-state index in [1.54, 1.807) is 0 Å². The molecule has 29 heavy (non-hydrogen) atoms. The number of hydrogen-bond acceptors (Lipinski definition) is 4. The number of nitrogens with zero attached hydrogens (tertiary/aromatic N) is 1. The average molecular weight is 398 g/mol. The third kappa shape index (κ3) is 4.54. The number of rotatable bonds is 5. The summed E-state index contributed by atoms with van der Waals surface area (Å²) in [6.45, 7) is -0.218. The Labute approximate surface area is 172 Å². The molecule has 156 valence electrons. The number of fused-ring (bicyclic) bond motifs is 2. The second-order valence-corrected chi connectivity index (χ2v) is 8.89. The highest BCUT2D eigenvalue weighted by Crippen LogP contribution is 2.40. The van der Waals surface area contributed by atoms with Crippen molar-refractivity contribution in [3.63, 3.8) is 0 Å². The monoisotopic (exact) mass is 397 g/mol. The van der Waals surface area contributed by atoms with Crippen LogP contribution in [-0.4, -0.2) is 30.3 Å². The zero-order valence-electron chi connectivity index (χ0n) is 17.1. The molecule has 0 aromatic heterocycles. The van der Waals surface area contributed by atoms with Crippen LogP contribution in [-0.2, 0) is 19.1 Å². The quantitative estimate of drug-likeness (QED) is 0.695. The van der Waals surface area contributed by atoms with Gasteiger partial charge in [-0.2, -0.15) is 0 Å². The molecular formula is C24H31NO4. The van der Waals surface area contributed by atoms with Crippen molar-refractivity contribution in [1.29, 1.82) is 0 Å². The van der Waals surface area contributed by atoms with Gasteiger partial charge in [-0.05, 0) is 50.7 Å². The molecule has 3 aliphatic rings. The second-order valence-electron chi connectivity index (χ2n) is 8.89. The summed E-state index contributed by atoms with van der Waals surface area (Å²) in [5, 5.41) is 0. The molecule has 5 heteroatoms. The van der Waals surface area contributed by atoms with Crippen LogP contribution in [0.15, 0.2) is 30.3 Å². The molecular weight excluding hydrogens is 366 g/mol. The first-order chi connectivity index (χ1) is 14.1. The molecule has 0 aliphatic heterocycles. The Morgan fingerprint density at radius 1 is 0.897 bits per heavy atom. The lowest BCUT2D eigenvalue weighted by atomic mass is 9.67. The van der Waals surface area contributed by atoms with Gasteiger partial charge in [0.2, 0.25) is 0 Å². The summed E-state index contributed by atoms with van der Waals surface area (Å²) in [7, 11) is 0. The first-order valence-electron chi connectivity index (χ1n) is 11.2. The van der Waals surface area contributed by atoms with Gasteiger partial charge < -0.3 is 9.64 Å². The van der Waals surface area contributed by atoms with Crippen molar-refractivity contribution in [2.75, 3.05) is 11.5 Å². The lowest BCUT2D eigenvalue weighted by Crippen LogP contribution is -2.44. The van der Waals surface area contributed by atoms with Gasteiger partial charge >= 0.3 is 5.97 Å². The van der Waals surface area contributed by atoms with Gasteiger partial charge in [-0.1, -0.05) is 43.9 Å². The van der Waals surface area contributed by atoms with Crippen LogP contribution in [0.2, 0.25) is 0 Å². The topological polar surface area (TPSA) is 63.7 Å². The maximum Gasteiger partial charge on any atom is 0.309 e. The Morgan fingerprint density at radius 2 is 1.55 bits per heavy atom. The second kappa shape index (κ2) is 9.10. The SMILES string of the molecule is O=C(OCC(=O)N(c1ccccc1)C1CCCCC1)C1C[C@@H]2CCC[C@@H](C1)C2=O. The lowest BCUT2D eigenvalue weighted by molar-refractivity contribution is -0.156. The minimum Gasteiger partial charge on any atom is -0.455 e. The lowest BCUT2D eigenvalue weighted by Gasteiger charge is -2.37. The van der Waals surface area contributed by atoms with Crippen molar-refractivity contribution in [2.45, 2.75) is 70.3 Å². The molecule has 0 N–H and O–H groups in total. The smallest absolute Gasteiger partial charge is 0.309 e. The van der Waals surface area contributed by atoms with Gasteiger partial charge in [0, 0.05) is 23.6 Å². The molecule has 3 saturated carbocycles. The number of Topliss-reactive ketones (excluding diaryl/α,β-unsaturated/α-hetero) is 1. The van der Waals surface area contributed by atoms with Gasteiger partial charge in [-0.15, -0.1) is 0 Å². The van der Waals surface area contributed by atoms with E-state index in [4.69, 9.17) is 4.74 Å². The molecule has 4 rings (SSSR count). The molecule has 3 fully saturated rings. The van der Waals surface area contributed by atoms with Gasteiger partial charge in [0.25, 0.3) is 5.91 Å². The molecule has 2 bridgehead atoms. The molecule has 3 aliphatic carbocycles. The number of anilines is 1. The van der Waals surface area contributed by atoms with Crippen molar-refractivity contribution in [3.05, 3.63) is 30.3 Å². The van der Waals surface area contributed by atoms with Crippen LogP contribution in [0.3, 0.4) is 0 Å². The van der Waals surface area contributed by atoms with Crippen LogP contribution in [0, 0.1) is 17.8 Å². The molecule has 0 heterocycles. The predicted octanol–water partition coefficient (Wildman–Crippen LogP) is 4.29. The summed E-state index contributed by atoms with van der Waals surface area (Å²) in [4.78, 5) is 39.8. The molecule has 1 aromatic carbocycles. The van der Waals surface area contributed by atoms with Crippen molar-refractivity contribution in [2.24, 2.45) is 17.8 Å². The van der Waals surface area contributed by atoms with E-state index in [0.717, 1.165) is 50.6 Å². The Bertz CT molecular complexity index is 725. The van der Waals surface area contributed by atoms with Gasteiger partial charge in [-0.25, -0.2) is 0 Å². The molecule has 0 radical (unpaired) electrons. The Balaban J connectivity index is 1.39. The summed E-state index contributed by atoms with van der Waals surface area (Å²) < 4.78 is 5.50. The third-order valence-electron chi connectivity index (χ3n) is 6.96. The normalized spacial score (nSPS) is 27.3. The van der Waals surface area contributed by atoms with Crippen LogP contribution < -0.4 is 4.90 Å². The molecule has 0 unspecified atom stereocenters. The fourth-order valence-corrected chi connectivity index (χ4v) is 5.48. The van der Waals surface area contributed by atoms with Crippen LogP contribution in [0.25, 0.3) is 0 Å². The predicted molar refractivity (Wildman–Crippen MR) is 110 cm³/mol. The number of carbonyl (C=O) groups is 3. The van der Waals surface area contributed by atoms with E-state index in [2.05, 4.69) is 0 Å². The van der Waals surface area contributed by atoms with E-state index >= 15 is 0 Å². The Kier molecular flexibility index (Phi) is 6.31. The minimum absolute atomic E-state index is 0.0128. The van der Waals surface area contributed by atoms with E-state index in [-0.39, 0.29) is 42.3 Å². The van der Waals surface area contributed by atoms with Gasteiger partial charge in [-0.3, -0.25) is 14.4 Å². The largest absolute Gasteiger partial charge is 0.455 e. The van der Waals surface area contributed by atoms with Gasteiger partial charge in [0.15, 0.2) is 6.61 Å². The molecule has 5 nitrogen and oxygen atoms in total. The molecule has 1 aromatic rings. The van der Waals surface area contributed by atoms with Crippen molar-refractivity contribution < 1.29 is 19.1 Å². The van der Waals surface area contributed by atoms with Crippen LogP contribution in [0.5, 0.6) is 0 Å². The summed E-state index contributed by atoms with van der Waals surface area (Å²) in [6.07, 6.45) is 9.48. The van der Waals surface area contributed by atoms with E-state index < -0.39 is 0 Å². The third-order valence-corrected chi connectivity index (χ3v) is 6.96. The van der Waals surface area contributed by atoms with Crippen molar-refractivity contribution in [3.8, 4) is 0 Å². The summed E-state index contributed by atoms with van der Waals surface area (Å²) in [5.74, 6) is -0.333. The maximum atomic E-state index is 13.1. The average Bonchev–Trinajstić information content (AvgIpc) is 2.73. The number of esters is 1. The highest BCUT2D eigenvalue weighted by Gasteiger charge is 2.42. The first kappa shape index (κ1) is 20.1. The first-order valence-corrected chi connectivity index (χ1v) is 11.2. The van der Waals surface area contributed by atoms with Crippen molar-refractivity contribution in [1.82, 2.24) is 0 Å². The molecule has 1 amide bonds. The Morgan fingerprint density at radius 3 is 2.21 bits per heavy atom. The number of amides is 1. The van der Waals surface area contributed by atoms with Crippen LogP contribution in [0.1, 0.15) is 64.2 Å². The summed E-state index contributed by atoms with van der Waals surface area (Å²) in [5.41, 5.74) is 0.873. The van der Waals surface area contributed by atoms with E-state index in [1.807, 2.05) is 35.2 Å². The standard InChI is InChI=1S/C24H31NO4/c26-22(25(20-10-3-1-4-11-20)21-12-5-2-6-13-21)16-29-24(28)19-14-17-8-7-9-18(15-19)23(17)27/h1,3-4,10-11,17-19,21H,2,5-9,12-16H2/t17-,18-/m0/s1. The zero-order valence-corrected chi connectivity index (χ0v) is 17.1. The number of ether oxygens (including phenoxy) is 1. The minimum atomic E-state index is -0.306. The van der Waals surface area contributed by atoms with E-state index in [9.17, 15) is 14.4 Å². The Hall–Kier alpha value is -2.17. The number of benzene rings is 1. The van der Waals surface area contributed by atoms with E-state index in [1.165, 1.54) is 6.42 Å². The number of hydrogen-bond donors (Lipinski definition) is 0. The van der Waals surface area contributed by atoms with Crippen molar-refractivity contribution >= 4 is 23.3 Å². The van der Waals surface area contributed by atoms with Crippen LogP contribution >= 0.6 is 0 Å². The summed E-state index contributed by atoms with van der Waals surface area (Å²) in [6, 6.07) is 9.87. The summed E-state index contributed by atoms with van der Waals surface area (Å²) >= 11 is 0.